The number of hydrogen-bond acceptors (Lipinski definition) is 6. The molecule has 0 bridgehead atoms. The summed E-state index contributed by atoms with van der Waals surface area (Å²) in [5.41, 5.74) is 4.32. The zero-order valence-electron chi connectivity index (χ0n) is 17.1. The highest BCUT2D eigenvalue weighted by molar-refractivity contribution is 7.22. The number of nitrogens with zero attached hydrogens (tertiary/aromatic N) is 3. The van der Waals surface area contributed by atoms with E-state index >= 15 is 0 Å². The fourth-order valence-electron chi connectivity index (χ4n) is 3.98. The number of fused-ring (bicyclic) bond motifs is 1. The average molecular weight is 453 g/mol. The van der Waals surface area contributed by atoms with Crippen LogP contribution < -0.4 is 5.32 Å². The molecule has 31 heavy (non-hydrogen) atoms. The molecule has 0 saturated carbocycles. The number of benzene rings is 2. The minimum Gasteiger partial charge on any atom is -0.508 e. The van der Waals surface area contributed by atoms with Crippen LogP contribution >= 0.6 is 23.7 Å². The van der Waals surface area contributed by atoms with E-state index in [1.165, 1.54) is 41.9 Å². The number of aromatic nitrogens is 2. The van der Waals surface area contributed by atoms with Crippen molar-refractivity contribution in [1.29, 1.82) is 0 Å². The quantitative estimate of drug-likeness (QED) is 0.383. The van der Waals surface area contributed by atoms with E-state index in [-0.39, 0.29) is 18.2 Å². The predicted molar refractivity (Wildman–Crippen MR) is 131 cm³/mol. The third kappa shape index (κ3) is 4.98. The van der Waals surface area contributed by atoms with Gasteiger partial charge in [0.25, 0.3) is 0 Å². The summed E-state index contributed by atoms with van der Waals surface area (Å²) >= 11 is 1.69. The molecule has 1 aliphatic heterocycles. The number of halogens is 1. The van der Waals surface area contributed by atoms with Gasteiger partial charge in [-0.25, -0.2) is 9.97 Å². The van der Waals surface area contributed by atoms with Crippen molar-refractivity contribution in [2.75, 3.05) is 25.0 Å². The fourth-order valence-corrected chi connectivity index (χ4v) is 5.03. The lowest BCUT2D eigenvalue weighted by atomic mass is 10.1. The summed E-state index contributed by atoms with van der Waals surface area (Å²) in [4.78, 5) is 12.6. The SMILES string of the molecule is Cl.Oc1cccc(Nc2ncnc3cc(-c4cccc(CCN5CCCC5)c4)sc23)c1. The number of rotatable bonds is 6. The van der Waals surface area contributed by atoms with Crippen LogP contribution in [0.1, 0.15) is 18.4 Å². The molecule has 4 aromatic rings. The fraction of sp³-hybridized carbons (Fsp3) is 0.250. The van der Waals surface area contributed by atoms with Crippen LogP contribution in [0.2, 0.25) is 0 Å². The highest BCUT2D eigenvalue weighted by atomic mass is 35.5. The molecule has 5 rings (SSSR count). The molecule has 0 amide bonds. The Morgan fingerprint density at radius 2 is 1.84 bits per heavy atom. The number of likely N-dealkylation sites (tertiary alicyclic amines) is 1. The van der Waals surface area contributed by atoms with Gasteiger partial charge in [-0.1, -0.05) is 30.3 Å². The molecule has 0 aliphatic carbocycles. The largest absolute Gasteiger partial charge is 0.508 e. The number of hydrogen-bond donors (Lipinski definition) is 2. The van der Waals surface area contributed by atoms with E-state index in [9.17, 15) is 5.11 Å². The molecule has 0 unspecified atom stereocenters. The normalized spacial score (nSPS) is 13.9. The molecule has 0 spiro atoms. The van der Waals surface area contributed by atoms with Crippen LogP contribution in [-0.2, 0) is 6.42 Å². The van der Waals surface area contributed by atoms with E-state index in [4.69, 9.17) is 0 Å². The molecule has 2 N–H and O–H groups in total. The molecular weight excluding hydrogens is 428 g/mol. The van der Waals surface area contributed by atoms with Gasteiger partial charge >= 0.3 is 0 Å². The number of anilines is 2. The first-order valence-corrected chi connectivity index (χ1v) is 11.2. The van der Waals surface area contributed by atoms with Crippen molar-refractivity contribution in [2.24, 2.45) is 0 Å². The van der Waals surface area contributed by atoms with Gasteiger partial charge in [0.15, 0.2) is 5.82 Å². The Labute approximate surface area is 192 Å². The monoisotopic (exact) mass is 452 g/mol. The molecule has 0 atom stereocenters. The van der Waals surface area contributed by atoms with Gasteiger partial charge in [0, 0.05) is 23.2 Å². The Morgan fingerprint density at radius 3 is 2.68 bits per heavy atom. The van der Waals surface area contributed by atoms with E-state index in [0.29, 0.717) is 0 Å². The molecule has 7 heteroatoms. The van der Waals surface area contributed by atoms with Crippen LogP contribution in [0.5, 0.6) is 5.75 Å². The van der Waals surface area contributed by atoms with Crippen molar-refractivity contribution in [2.45, 2.75) is 19.3 Å². The first-order chi connectivity index (χ1) is 14.7. The maximum Gasteiger partial charge on any atom is 0.151 e. The van der Waals surface area contributed by atoms with Gasteiger partial charge in [0.1, 0.15) is 12.1 Å². The zero-order chi connectivity index (χ0) is 20.3. The first-order valence-electron chi connectivity index (χ1n) is 10.4. The molecule has 0 radical (unpaired) electrons. The third-order valence-electron chi connectivity index (χ3n) is 5.55. The minimum absolute atomic E-state index is 0. The van der Waals surface area contributed by atoms with Crippen molar-refractivity contribution >= 4 is 45.5 Å². The Bertz CT molecular complexity index is 1170. The lowest BCUT2D eigenvalue weighted by Crippen LogP contribution is -2.21. The summed E-state index contributed by atoms with van der Waals surface area (Å²) in [6.45, 7) is 3.62. The number of thiophene rings is 1. The average Bonchev–Trinajstić information content (AvgIpc) is 3.43. The minimum atomic E-state index is 0. The number of phenols is 1. The van der Waals surface area contributed by atoms with Crippen LogP contribution in [0.25, 0.3) is 20.7 Å². The molecular formula is C24H25ClN4OS. The maximum atomic E-state index is 9.72. The maximum absolute atomic E-state index is 9.72. The van der Waals surface area contributed by atoms with Gasteiger partial charge in [-0.3, -0.25) is 0 Å². The molecule has 2 aromatic carbocycles. The van der Waals surface area contributed by atoms with E-state index in [1.54, 1.807) is 29.8 Å². The number of nitrogens with one attached hydrogen (secondary N) is 1. The summed E-state index contributed by atoms with van der Waals surface area (Å²) in [6, 6.07) is 18.0. The highest BCUT2D eigenvalue weighted by Crippen LogP contribution is 2.37. The summed E-state index contributed by atoms with van der Waals surface area (Å²) in [6.07, 6.45) is 5.34. The van der Waals surface area contributed by atoms with Gasteiger partial charge in [-0.15, -0.1) is 23.7 Å². The lowest BCUT2D eigenvalue weighted by molar-refractivity contribution is 0.343. The third-order valence-corrected chi connectivity index (χ3v) is 6.73. The molecule has 1 saturated heterocycles. The standard InChI is InChI=1S/C24H24N4OS.ClH/c29-20-8-4-7-19(14-20)27-24-23-21(25-16-26-24)15-22(30-23)18-6-3-5-17(13-18)9-12-28-10-1-2-11-28;/h3-8,13-16,29H,1-2,9-12H2,(H,25,26,27);1H. The molecule has 2 aromatic heterocycles. The van der Waals surface area contributed by atoms with Crippen LogP contribution in [-0.4, -0.2) is 39.6 Å². The molecule has 3 heterocycles. The topological polar surface area (TPSA) is 61.3 Å². The van der Waals surface area contributed by atoms with Crippen molar-refractivity contribution in [3.05, 3.63) is 66.5 Å². The van der Waals surface area contributed by atoms with E-state index < -0.39 is 0 Å². The second-order valence-electron chi connectivity index (χ2n) is 7.72. The van der Waals surface area contributed by atoms with Gasteiger partial charge in [-0.05, 0) is 61.7 Å². The number of aromatic hydroxyl groups is 1. The summed E-state index contributed by atoms with van der Waals surface area (Å²) in [5.74, 6) is 0.981. The Morgan fingerprint density at radius 1 is 1.00 bits per heavy atom. The van der Waals surface area contributed by atoms with Gasteiger partial charge in [-0.2, -0.15) is 0 Å². The lowest BCUT2D eigenvalue weighted by Gasteiger charge is -2.14. The van der Waals surface area contributed by atoms with Crippen molar-refractivity contribution in [1.82, 2.24) is 14.9 Å². The highest BCUT2D eigenvalue weighted by Gasteiger charge is 2.13. The van der Waals surface area contributed by atoms with Crippen molar-refractivity contribution < 1.29 is 5.11 Å². The Kier molecular flexibility index (Phi) is 6.70. The summed E-state index contributed by atoms with van der Waals surface area (Å²) in [7, 11) is 0. The van der Waals surface area contributed by atoms with E-state index in [1.807, 2.05) is 12.1 Å². The van der Waals surface area contributed by atoms with Crippen molar-refractivity contribution in [3.8, 4) is 16.2 Å². The van der Waals surface area contributed by atoms with E-state index in [0.717, 1.165) is 34.7 Å². The second kappa shape index (κ2) is 9.64. The molecule has 1 fully saturated rings. The van der Waals surface area contributed by atoms with Crippen LogP contribution in [0.4, 0.5) is 11.5 Å². The molecule has 5 nitrogen and oxygen atoms in total. The van der Waals surface area contributed by atoms with Crippen molar-refractivity contribution in [3.63, 3.8) is 0 Å². The van der Waals surface area contributed by atoms with Gasteiger partial charge in [0.05, 0.1) is 10.2 Å². The second-order valence-corrected chi connectivity index (χ2v) is 8.77. The zero-order valence-corrected chi connectivity index (χ0v) is 18.8. The first kappa shape index (κ1) is 21.6. The predicted octanol–water partition coefficient (Wildman–Crippen LogP) is 5.87. The molecule has 1 aliphatic rings. The van der Waals surface area contributed by atoms with Gasteiger partial charge < -0.3 is 15.3 Å². The Balaban J connectivity index is 0.00000231. The summed E-state index contributed by atoms with van der Waals surface area (Å²) in [5, 5.41) is 13.0. The van der Waals surface area contributed by atoms with Crippen LogP contribution in [0.3, 0.4) is 0 Å². The Hall–Kier alpha value is -2.67. The number of phenolic OH excluding ortho intramolecular Hbond substituents is 1. The van der Waals surface area contributed by atoms with Crippen LogP contribution in [0.15, 0.2) is 60.9 Å². The smallest absolute Gasteiger partial charge is 0.151 e. The van der Waals surface area contributed by atoms with Crippen LogP contribution in [0, 0.1) is 0 Å². The van der Waals surface area contributed by atoms with E-state index in [2.05, 4.69) is 50.5 Å². The van der Waals surface area contributed by atoms with Gasteiger partial charge in [0.2, 0.25) is 0 Å². The summed E-state index contributed by atoms with van der Waals surface area (Å²) < 4.78 is 1.01. The molecule has 160 valence electrons.